The van der Waals surface area contributed by atoms with E-state index in [1.165, 1.54) is 6.20 Å². The Hall–Kier alpha value is -2.14. The van der Waals surface area contributed by atoms with Crippen molar-refractivity contribution in [2.75, 3.05) is 7.11 Å². The van der Waals surface area contributed by atoms with E-state index in [2.05, 4.69) is 4.98 Å². The molecule has 0 fully saturated rings. The van der Waals surface area contributed by atoms with Gasteiger partial charge in [0.25, 0.3) is 5.91 Å². The Bertz CT molecular complexity index is 540. The number of methoxy groups -OCH3 is 1. The number of pyridine rings is 1. The predicted molar refractivity (Wildman–Crippen MR) is 57.5 cm³/mol. The van der Waals surface area contributed by atoms with E-state index in [4.69, 9.17) is 9.94 Å². The van der Waals surface area contributed by atoms with Crippen LogP contribution in [-0.4, -0.2) is 23.2 Å². The van der Waals surface area contributed by atoms with Crippen LogP contribution in [0.15, 0.2) is 30.5 Å². The molecule has 0 saturated carbocycles. The van der Waals surface area contributed by atoms with E-state index in [0.717, 1.165) is 10.9 Å². The van der Waals surface area contributed by atoms with Crippen molar-refractivity contribution in [2.24, 2.45) is 0 Å². The molecule has 1 aromatic heterocycles. The van der Waals surface area contributed by atoms with Gasteiger partial charge in [0.15, 0.2) is 0 Å². The summed E-state index contributed by atoms with van der Waals surface area (Å²) in [6.07, 6.45) is 1.40. The zero-order chi connectivity index (χ0) is 11.5. The molecule has 1 amide bonds. The van der Waals surface area contributed by atoms with Gasteiger partial charge in [-0.05, 0) is 24.3 Å². The fourth-order valence-electron chi connectivity index (χ4n) is 1.43. The molecule has 5 nitrogen and oxygen atoms in total. The van der Waals surface area contributed by atoms with Crippen LogP contribution in [0, 0.1) is 0 Å². The van der Waals surface area contributed by atoms with Crippen molar-refractivity contribution in [2.45, 2.75) is 0 Å². The molecule has 0 radical (unpaired) electrons. The van der Waals surface area contributed by atoms with Crippen LogP contribution in [0.25, 0.3) is 10.9 Å². The number of nitrogens with one attached hydrogen (secondary N) is 1. The molecular formula is C11H10N2O3. The Kier molecular flexibility index (Phi) is 2.70. The maximum Gasteiger partial charge on any atom is 0.276 e. The summed E-state index contributed by atoms with van der Waals surface area (Å²) in [7, 11) is 1.57. The second-order valence-corrected chi connectivity index (χ2v) is 3.22. The maximum atomic E-state index is 11.2. The number of benzene rings is 1. The van der Waals surface area contributed by atoms with Gasteiger partial charge in [-0.2, -0.15) is 0 Å². The fourth-order valence-corrected chi connectivity index (χ4v) is 1.43. The topological polar surface area (TPSA) is 71.5 Å². The standard InChI is InChI=1S/C11H10N2O3/c1-16-9-2-3-10-7(5-9)4-8(6-12-10)11(14)13-15/h2-6,15H,1H3,(H,13,14). The molecule has 0 aliphatic heterocycles. The van der Waals surface area contributed by atoms with E-state index in [9.17, 15) is 4.79 Å². The summed E-state index contributed by atoms with van der Waals surface area (Å²) in [5.74, 6) is 0.105. The molecule has 0 saturated heterocycles. The lowest BCUT2D eigenvalue weighted by atomic mass is 10.1. The summed E-state index contributed by atoms with van der Waals surface area (Å²) < 4.78 is 5.07. The summed E-state index contributed by atoms with van der Waals surface area (Å²) >= 11 is 0. The zero-order valence-corrected chi connectivity index (χ0v) is 8.60. The minimum atomic E-state index is -0.586. The highest BCUT2D eigenvalue weighted by molar-refractivity contribution is 5.96. The Morgan fingerprint density at radius 2 is 2.25 bits per heavy atom. The third-order valence-corrected chi connectivity index (χ3v) is 2.25. The number of nitrogens with zero attached hydrogens (tertiary/aromatic N) is 1. The molecule has 82 valence electrons. The molecule has 0 atom stereocenters. The van der Waals surface area contributed by atoms with Gasteiger partial charge in [0, 0.05) is 11.6 Å². The smallest absolute Gasteiger partial charge is 0.276 e. The van der Waals surface area contributed by atoms with E-state index in [1.807, 2.05) is 0 Å². The number of aromatic nitrogens is 1. The van der Waals surface area contributed by atoms with Gasteiger partial charge < -0.3 is 4.74 Å². The Morgan fingerprint density at radius 1 is 1.44 bits per heavy atom. The highest BCUT2D eigenvalue weighted by Crippen LogP contribution is 2.19. The lowest BCUT2D eigenvalue weighted by Gasteiger charge is -2.03. The first-order chi connectivity index (χ1) is 7.74. The number of carbonyl (C=O) groups excluding carboxylic acids is 1. The molecular weight excluding hydrogens is 208 g/mol. The molecule has 0 spiro atoms. The number of carbonyl (C=O) groups is 1. The van der Waals surface area contributed by atoms with Crippen LogP contribution in [0.3, 0.4) is 0 Å². The summed E-state index contributed by atoms with van der Waals surface area (Å²) in [4.78, 5) is 15.3. The third kappa shape index (κ3) is 1.80. The molecule has 1 heterocycles. The molecule has 2 rings (SSSR count). The van der Waals surface area contributed by atoms with Gasteiger partial charge in [-0.3, -0.25) is 15.0 Å². The largest absolute Gasteiger partial charge is 0.497 e. The van der Waals surface area contributed by atoms with Crippen molar-refractivity contribution in [3.63, 3.8) is 0 Å². The number of hydroxylamine groups is 1. The van der Waals surface area contributed by atoms with Crippen molar-refractivity contribution in [3.8, 4) is 5.75 Å². The first kappa shape index (κ1) is 10.4. The van der Waals surface area contributed by atoms with Gasteiger partial charge in [-0.1, -0.05) is 0 Å². The molecule has 16 heavy (non-hydrogen) atoms. The van der Waals surface area contributed by atoms with Crippen molar-refractivity contribution in [1.82, 2.24) is 10.5 Å². The highest BCUT2D eigenvalue weighted by Gasteiger charge is 2.06. The van der Waals surface area contributed by atoms with Crippen molar-refractivity contribution in [3.05, 3.63) is 36.0 Å². The van der Waals surface area contributed by atoms with E-state index in [1.54, 1.807) is 36.9 Å². The summed E-state index contributed by atoms with van der Waals surface area (Å²) in [5.41, 5.74) is 2.62. The van der Waals surface area contributed by atoms with Crippen LogP contribution in [0.5, 0.6) is 5.75 Å². The van der Waals surface area contributed by atoms with Gasteiger partial charge in [-0.15, -0.1) is 0 Å². The van der Waals surface area contributed by atoms with E-state index < -0.39 is 5.91 Å². The second kappa shape index (κ2) is 4.16. The monoisotopic (exact) mass is 218 g/mol. The fraction of sp³-hybridized carbons (Fsp3) is 0.0909. The van der Waals surface area contributed by atoms with Crippen molar-refractivity contribution < 1.29 is 14.7 Å². The SMILES string of the molecule is COc1ccc2ncc(C(=O)NO)cc2c1. The first-order valence-corrected chi connectivity index (χ1v) is 4.63. The van der Waals surface area contributed by atoms with E-state index >= 15 is 0 Å². The van der Waals surface area contributed by atoms with Crippen molar-refractivity contribution >= 4 is 16.8 Å². The number of amides is 1. The second-order valence-electron chi connectivity index (χ2n) is 3.22. The van der Waals surface area contributed by atoms with Crippen LogP contribution in [0.4, 0.5) is 0 Å². The Labute approximate surface area is 91.6 Å². The molecule has 1 aromatic carbocycles. The zero-order valence-electron chi connectivity index (χ0n) is 8.60. The number of fused-ring (bicyclic) bond motifs is 1. The lowest BCUT2D eigenvalue weighted by molar-refractivity contribution is 0.0706. The van der Waals surface area contributed by atoms with Gasteiger partial charge >= 0.3 is 0 Å². The van der Waals surface area contributed by atoms with Gasteiger partial charge in [0.05, 0.1) is 18.2 Å². The normalized spacial score (nSPS) is 10.1. The molecule has 2 N–H and O–H groups in total. The molecule has 0 aliphatic carbocycles. The minimum absolute atomic E-state index is 0.295. The number of rotatable bonds is 2. The summed E-state index contributed by atoms with van der Waals surface area (Å²) in [6, 6.07) is 7.00. The average molecular weight is 218 g/mol. The lowest BCUT2D eigenvalue weighted by Crippen LogP contribution is -2.18. The third-order valence-electron chi connectivity index (χ3n) is 2.25. The number of hydrogen-bond acceptors (Lipinski definition) is 4. The molecule has 5 heteroatoms. The van der Waals surface area contributed by atoms with E-state index in [-0.39, 0.29) is 0 Å². The van der Waals surface area contributed by atoms with Crippen LogP contribution in [0.1, 0.15) is 10.4 Å². The van der Waals surface area contributed by atoms with Crippen molar-refractivity contribution in [1.29, 1.82) is 0 Å². The molecule has 0 bridgehead atoms. The van der Waals surface area contributed by atoms with Crippen LogP contribution >= 0.6 is 0 Å². The molecule has 0 aliphatic rings. The van der Waals surface area contributed by atoms with Gasteiger partial charge in [0.1, 0.15) is 5.75 Å². The minimum Gasteiger partial charge on any atom is -0.497 e. The van der Waals surface area contributed by atoms with Gasteiger partial charge in [0.2, 0.25) is 0 Å². The summed E-state index contributed by atoms with van der Waals surface area (Å²) in [5, 5.41) is 9.29. The maximum absolute atomic E-state index is 11.2. The quantitative estimate of drug-likeness (QED) is 0.589. The van der Waals surface area contributed by atoms with E-state index in [0.29, 0.717) is 11.3 Å². The van der Waals surface area contributed by atoms with Crippen LogP contribution in [0.2, 0.25) is 0 Å². The molecule has 2 aromatic rings. The van der Waals surface area contributed by atoms with Crippen LogP contribution in [-0.2, 0) is 0 Å². The first-order valence-electron chi connectivity index (χ1n) is 4.63. The van der Waals surface area contributed by atoms with Crippen LogP contribution < -0.4 is 10.2 Å². The molecule has 0 unspecified atom stereocenters. The number of hydrogen-bond donors (Lipinski definition) is 2. The Morgan fingerprint density at radius 3 is 2.94 bits per heavy atom. The summed E-state index contributed by atoms with van der Waals surface area (Å²) in [6.45, 7) is 0. The number of ether oxygens (including phenoxy) is 1. The average Bonchev–Trinajstić information content (AvgIpc) is 2.36. The highest BCUT2D eigenvalue weighted by atomic mass is 16.5. The Balaban J connectivity index is 2.54. The predicted octanol–water partition coefficient (Wildman–Crippen LogP) is 1.36. The van der Waals surface area contributed by atoms with Gasteiger partial charge in [-0.25, -0.2) is 5.48 Å².